The van der Waals surface area contributed by atoms with E-state index in [0.717, 1.165) is 11.3 Å². The van der Waals surface area contributed by atoms with Crippen molar-refractivity contribution in [3.63, 3.8) is 0 Å². The van der Waals surface area contributed by atoms with Crippen molar-refractivity contribution in [1.29, 1.82) is 0 Å². The molecular formula is C25H22BrN3O7S. The molecule has 192 valence electrons. The molecule has 0 saturated heterocycles. The molecule has 0 fully saturated rings. The average Bonchev–Trinajstić information content (AvgIpc) is 3.13. The Morgan fingerprint density at radius 3 is 2.68 bits per heavy atom. The summed E-state index contributed by atoms with van der Waals surface area (Å²) in [4.78, 5) is 42.4. The smallest absolute Gasteiger partial charge is 0.338 e. The number of aromatic nitrogens is 1. The second-order valence-electron chi connectivity index (χ2n) is 8.42. The summed E-state index contributed by atoms with van der Waals surface area (Å²) in [5.41, 5.74) is 0.469. The molecule has 1 N–H and O–H groups in total. The fraction of sp³-hybridized carbons (Fsp3) is 0.240. The number of hydrogen-bond donors (Lipinski definition) is 1. The molecule has 37 heavy (non-hydrogen) atoms. The lowest BCUT2D eigenvalue weighted by molar-refractivity contribution is -0.384. The number of nitro benzene ring substituents is 1. The van der Waals surface area contributed by atoms with E-state index in [0.29, 0.717) is 26.3 Å². The number of allylic oxidation sites excluding steroid dienone is 1. The van der Waals surface area contributed by atoms with Gasteiger partial charge in [-0.1, -0.05) is 27.3 Å². The van der Waals surface area contributed by atoms with Crippen LogP contribution in [-0.2, 0) is 9.53 Å². The highest BCUT2D eigenvalue weighted by atomic mass is 79.9. The maximum Gasteiger partial charge on any atom is 0.338 e. The third kappa shape index (κ3) is 5.07. The first-order chi connectivity index (χ1) is 17.5. The summed E-state index contributed by atoms with van der Waals surface area (Å²) in [5.74, 6) is -0.392. The van der Waals surface area contributed by atoms with E-state index in [2.05, 4.69) is 20.9 Å². The predicted octanol–water partition coefficient (Wildman–Crippen LogP) is 3.57. The highest BCUT2D eigenvalue weighted by Crippen LogP contribution is 2.37. The van der Waals surface area contributed by atoms with E-state index < -0.39 is 28.6 Å². The lowest BCUT2D eigenvalue weighted by Gasteiger charge is -2.26. The van der Waals surface area contributed by atoms with E-state index in [1.165, 1.54) is 36.0 Å². The first kappa shape index (κ1) is 26.3. The van der Waals surface area contributed by atoms with Crippen molar-refractivity contribution < 1.29 is 24.3 Å². The first-order valence-electron chi connectivity index (χ1n) is 11.1. The fourth-order valence-corrected chi connectivity index (χ4v) is 5.40. The summed E-state index contributed by atoms with van der Waals surface area (Å²) in [6, 6.07) is 7.88. The molecule has 0 unspecified atom stereocenters. The zero-order chi connectivity index (χ0) is 27.0. The van der Waals surface area contributed by atoms with Gasteiger partial charge in [0.15, 0.2) is 4.80 Å². The number of ether oxygens (including phenoxy) is 2. The van der Waals surface area contributed by atoms with Crippen LogP contribution in [0.15, 0.2) is 61.9 Å². The summed E-state index contributed by atoms with van der Waals surface area (Å²) in [7, 11) is 1.49. The van der Waals surface area contributed by atoms with E-state index in [1.807, 2.05) is 0 Å². The Morgan fingerprint density at radius 1 is 1.30 bits per heavy atom. The van der Waals surface area contributed by atoms with Crippen LogP contribution in [0.3, 0.4) is 0 Å². The number of carbonyl (C=O) groups excluding carboxylic acids is 1. The minimum atomic E-state index is -0.921. The SMILES string of the molecule is COc1ccc(Br)cc1[C@H]1C(C(=O)OC(C)C)=C(C)N=c2s/c(=C\c3cc([N+](=O)[O-])ccc3O)c(=O)n21. The number of benzene rings is 2. The quantitative estimate of drug-likeness (QED) is 0.265. The number of carbonyl (C=O) groups is 1. The first-order valence-corrected chi connectivity index (χ1v) is 12.7. The molecule has 10 nitrogen and oxygen atoms in total. The molecular weight excluding hydrogens is 566 g/mol. The van der Waals surface area contributed by atoms with Crippen molar-refractivity contribution in [2.24, 2.45) is 4.99 Å². The van der Waals surface area contributed by atoms with Gasteiger partial charge in [-0.3, -0.25) is 19.5 Å². The molecule has 1 atom stereocenters. The van der Waals surface area contributed by atoms with Gasteiger partial charge in [0, 0.05) is 27.7 Å². The molecule has 0 radical (unpaired) electrons. The number of esters is 1. The molecule has 1 aliphatic rings. The van der Waals surface area contributed by atoms with E-state index >= 15 is 0 Å². The van der Waals surface area contributed by atoms with Crippen LogP contribution in [0, 0.1) is 10.1 Å². The summed E-state index contributed by atoms with van der Waals surface area (Å²) < 4.78 is 13.3. The Hall–Kier alpha value is -3.77. The third-order valence-electron chi connectivity index (χ3n) is 5.58. The number of rotatable bonds is 6. The molecule has 4 rings (SSSR count). The number of phenols is 1. The van der Waals surface area contributed by atoms with Gasteiger partial charge in [-0.05, 0) is 51.1 Å². The number of fused-ring (bicyclic) bond motifs is 1. The van der Waals surface area contributed by atoms with Crippen LogP contribution in [0.5, 0.6) is 11.5 Å². The average molecular weight is 588 g/mol. The van der Waals surface area contributed by atoms with Crippen LogP contribution in [0.25, 0.3) is 6.08 Å². The van der Waals surface area contributed by atoms with Crippen LogP contribution in [0.4, 0.5) is 5.69 Å². The van der Waals surface area contributed by atoms with Gasteiger partial charge in [-0.2, -0.15) is 0 Å². The number of hydrogen-bond acceptors (Lipinski definition) is 9. The second-order valence-corrected chi connectivity index (χ2v) is 10.3. The van der Waals surface area contributed by atoms with Crippen LogP contribution in [-0.4, -0.2) is 33.8 Å². The van der Waals surface area contributed by atoms with Crippen molar-refractivity contribution in [1.82, 2.24) is 4.57 Å². The number of nitro groups is 1. The van der Waals surface area contributed by atoms with Crippen molar-refractivity contribution in [3.8, 4) is 11.5 Å². The molecule has 2 aromatic carbocycles. The molecule has 12 heteroatoms. The number of nitrogens with zero attached hydrogens (tertiary/aromatic N) is 3. The van der Waals surface area contributed by atoms with Crippen molar-refractivity contribution >= 4 is 45.0 Å². The monoisotopic (exact) mass is 587 g/mol. The molecule has 2 heterocycles. The van der Waals surface area contributed by atoms with Crippen LogP contribution in [0.1, 0.15) is 37.9 Å². The molecule has 0 bridgehead atoms. The Balaban J connectivity index is 2.01. The van der Waals surface area contributed by atoms with Gasteiger partial charge in [0.05, 0.1) is 33.9 Å². The minimum absolute atomic E-state index is 0.103. The van der Waals surface area contributed by atoms with Gasteiger partial charge in [0.25, 0.3) is 11.2 Å². The standard InChI is InChI=1S/C25H22BrN3O7S/c1-12(2)36-24(32)21-13(3)27-25-28(22(21)17-11-15(26)5-8-19(17)35-4)23(31)20(37-25)10-14-9-16(29(33)34)6-7-18(14)30/h5-12,22,30H,1-4H3/b20-10-/t22-/m0/s1. The number of methoxy groups -OCH3 is 1. The molecule has 0 aliphatic carbocycles. The lowest BCUT2D eigenvalue weighted by atomic mass is 9.95. The highest BCUT2D eigenvalue weighted by molar-refractivity contribution is 9.10. The van der Waals surface area contributed by atoms with Gasteiger partial charge >= 0.3 is 5.97 Å². The van der Waals surface area contributed by atoms with Gasteiger partial charge in [0.1, 0.15) is 17.5 Å². The molecule has 0 saturated carbocycles. The summed E-state index contributed by atoms with van der Waals surface area (Å²) in [6.07, 6.45) is 0.964. The van der Waals surface area contributed by atoms with Crippen molar-refractivity contribution in [3.05, 3.63) is 93.1 Å². The van der Waals surface area contributed by atoms with Crippen molar-refractivity contribution in [2.45, 2.75) is 32.9 Å². The predicted molar refractivity (Wildman–Crippen MR) is 140 cm³/mol. The molecule has 0 spiro atoms. The zero-order valence-electron chi connectivity index (χ0n) is 20.2. The maximum absolute atomic E-state index is 13.8. The zero-order valence-corrected chi connectivity index (χ0v) is 22.6. The van der Waals surface area contributed by atoms with Gasteiger partial charge in [0.2, 0.25) is 0 Å². The normalized spacial score (nSPS) is 15.4. The van der Waals surface area contributed by atoms with Crippen LogP contribution >= 0.6 is 27.3 Å². The van der Waals surface area contributed by atoms with Crippen LogP contribution in [0.2, 0.25) is 0 Å². The Morgan fingerprint density at radius 2 is 2.03 bits per heavy atom. The Kier molecular flexibility index (Phi) is 7.32. The second kappa shape index (κ2) is 10.3. The molecule has 3 aromatic rings. The Labute approximate surface area is 223 Å². The van der Waals surface area contributed by atoms with Crippen LogP contribution < -0.4 is 19.6 Å². The van der Waals surface area contributed by atoms with Gasteiger partial charge < -0.3 is 14.6 Å². The maximum atomic E-state index is 13.8. The largest absolute Gasteiger partial charge is 0.507 e. The number of phenolic OH excluding ortho intramolecular Hbond substituents is 1. The van der Waals surface area contributed by atoms with E-state index in [9.17, 15) is 24.8 Å². The number of aromatic hydroxyl groups is 1. The lowest BCUT2D eigenvalue weighted by Crippen LogP contribution is -2.40. The summed E-state index contributed by atoms with van der Waals surface area (Å²) >= 11 is 4.49. The van der Waals surface area contributed by atoms with Crippen molar-refractivity contribution in [2.75, 3.05) is 7.11 Å². The van der Waals surface area contributed by atoms with Gasteiger partial charge in [-0.15, -0.1) is 0 Å². The topological polar surface area (TPSA) is 133 Å². The van der Waals surface area contributed by atoms with Gasteiger partial charge in [-0.25, -0.2) is 9.79 Å². The van der Waals surface area contributed by atoms with E-state index in [1.54, 1.807) is 39.0 Å². The van der Waals surface area contributed by atoms with E-state index in [4.69, 9.17) is 9.47 Å². The minimum Gasteiger partial charge on any atom is -0.507 e. The number of thiazole rings is 1. The number of halogens is 1. The Bertz CT molecular complexity index is 1640. The summed E-state index contributed by atoms with van der Waals surface area (Å²) in [6.45, 7) is 5.12. The molecule has 1 aromatic heterocycles. The highest BCUT2D eigenvalue weighted by Gasteiger charge is 2.35. The van der Waals surface area contributed by atoms with E-state index in [-0.39, 0.29) is 27.1 Å². The fourth-order valence-electron chi connectivity index (χ4n) is 3.99. The third-order valence-corrected chi connectivity index (χ3v) is 7.06. The molecule has 0 amide bonds. The number of non-ortho nitro benzene ring substituents is 1. The summed E-state index contributed by atoms with van der Waals surface area (Å²) in [5, 5.41) is 21.5. The molecule has 1 aliphatic heterocycles.